The summed E-state index contributed by atoms with van der Waals surface area (Å²) in [5, 5.41) is 10.2. The van der Waals surface area contributed by atoms with Crippen molar-refractivity contribution in [1.29, 1.82) is 0 Å². The molecule has 7 heteroatoms. The van der Waals surface area contributed by atoms with Crippen molar-refractivity contribution >= 4 is 5.69 Å². The Morgan fingerprint density at radius 1 is 1.23 bits per heavy atom. The number of anilines is 1. The number of rotatable bonds is 2. The first kappa shape index (κ1) is 19.3. The quantitative estimate of drug-likeness (QED) is 0.734. The van der Waals surface area contributed by atoms with Gasteiger partial charge >= 0.3 is 6.18 Å². The Hall–Kier alpha value is -2.67. The molecular weight excluding hydrogens is 395 g/mol. The third-order valence-electron chi connectivity index (χ3n) is 6.49. The van der Waals surface area contributed by atoms with E-state index >= 15 is 0 Å². The van der Waals surface area contributed by atoms with Gasteiger partial charge < -0.3 is 19.5 Å². The van der Waals surface area contributed by atoms with Crippen LogP contribution in [0, 0.1) is 0 Å². The minimum Gasteiger partial charge on any atom is -0.493 e. The fourth-order valence-corrected chi connectivity index (χ4v) is 5.04. The zero-order valence-corrected chi connectivity index (χ0v) is 16.4. The molecule has 2 aromatic carbocycles. The molecule has 0 aromatic heterocycles. The van der Waals surface area contributed by atoms with E-state index in [1.807, 2.05) is 23.1 Å². The van der Waals surface area contributed by atoms with Crippen molar-refractivity contribution < 1.29 is 27.8 Å². The van der Waals surface area contributed by atoms with Crippen molar-refractivity contribution in [2.75, 3.05) is 18.6 Å². The molecule has 0 unspecified atom stereocenters. The molecule has 0 amide bonds. The van der Waals surface area contributed by atoms with E-state index in [2.05, 4.69) is 0 Å². The second kappa shape index (κ2) is 6.67. The summed E-state index contributed by atoms with van der Waals surface area (Å²) >= 11 is 0. The summed E-state index contributed by atoms with van der Waals surface area (Å²) < 4.78 is 51.5. The number of alkyl halides is 3. The van der Waals surface area contributed by atoms with Crippen molar-refractivity contribution in [3.63, 3.8) is 0 Å². The Labute approximate surface area is 172 Å². The van der Waals surface area contributed by atoms with Gasteiger partial charge in [-0.3, -0.25) is 0 Å². The fourth-order valence-electron chi connectivity index (χ4n) is 5.04. The van der Waals surface area contributed by atoms with Gasteiger partial charge in [0.1, 0.15) is 6.10 Å². The van der Waals surface area contributed by atoms with Crippen molar-refractivity contribution in [3.05, 3.63) is 65.2 Å². The van der Waals surface area contributed by atoms with Crippen LogP contribution in [0.25, 0.3) is 0 Å². The average molecular weight is 417 g/mol. The Morgan fingerprint density at radius 2 is 2.07 bits per heavy atom. The highest BCUT2D eigenvalue weighted by Gasteiger charge is 2.52. The van der Waals surface area contributed by atoms with Gasteiger partial charge in [-0.15, -0.1) is 0 Å². The molecule has 5 rings (SSSR count). The van der Waals surface area contributed by atoms with Crippen LogP contribution in [0.5, 0.6) is 11.5 Å². The first-order valence-electron chi connectivity index (χ1n) is 9.98. The third kappa shape index (κ3) is 2.87. The van der Waals surface area contributed by atoms with E-state index < -0.39 is 23.3 Å². The van der Waals surface area contributed by atoms with Crippen molar-refractivity contribution in [2.24, 2.45) is 0 Å². The van der Waals surface area contributed by atoms with Gasteiger partial charge in [0.2, 0.25) is 0 Å². The van der Waals surface area contributed by atoms with Gasteiger partial charge in [-0.1, -0.05) is 24.3 Å². The minimum atomic E-state index is -4.38. The molecule has 4 nitrogen and oxygen atoms in total. The van der Waals surface area contributed by atoms with Crippen molar-refractivity contribution in [3.8, 4) is 11.5 Å². The highest BCUT2D eigenvalue weighted by molar-refractivity contribution is 5.63. The molecule has 30 heavy (non-hydrogen) atoms. The number of halogens is 3. The van der Waals surface area contributed by atoms with Gasteiger partial charge in [-0.2, -0.15) is 13.2 Å². The Balaban J connectivity index is 1.61. The van der Waals surface area contributed by atoms with E-state index in [4.69, 9.17) is 9.47 Å². The number of aliphatic hydroxyl groups is 1. The number of nitrogens with zero attached hydrogens (tertiary/aromatic N) is 1. The molecule has 2 aliphatic heterocycles. The molecule has 3 atom stereocenters. The van der Waals surface area contributed by atoms with Crippen LogP contribution in [-0.2, 0) is 18.1 Å². The van der Waals surface area contributed by atoms with Crippen LogP contribution in [0.4, 0.5) is 18.9 Å². The van der Waals surface area contributed by atoms with Gasteiger partial charge in [0.25, 0.3) is 0 Å². The van der Waals surface area contributed by atoms with Gasteiger partial charge in [-0.25, -0.2) is 0 Å². The van der Waals surface area contributed by atoms with E-state index in [0.29, 0.717) is 43.1 Å². The zero-order chi connectivity index (χ0) is 21.1. The number of benzene rings is 2. The van der Waals surface area contributed by atoms with E-state index in [0.717, 1.165) is 17.2 Å². The van der Waals surface area contributed by atoms with E-state index in [-0.39, 0.29) is 6.10 Å². The molecule has 2 heterocycles. The second-order valence-corrected chi connectivity index (χ2v) is 8.16. The van der Waals surface area contributed by atoms with Crippen LogP contribution >= 0.6 is 0 Å². The van der Waals surface area contributed by atoms with Crippen LogP contribution in [0.3, 0.4) is 0 Å². The minimum absolute atomic E-state index is 0.232. The second-order valence-electron chi connectivity index (χ2n) is 8.16. The maximum Gasteiger partial charge on any atom is 0.416 e. The van der Waals surface area contributed by atoms with E-state index in [9.17, 15) is 18.3 Å². The molecule has 158 valence electrons. The number of aliphatic hydroxyl groups excluding tert-OH is 1. The van der Waals surface area contributed by atoms with Gasteiger partial charge in [0.05, 0.1) is 24.2 Å². The predicted octanol–water partition coefficient (Wildman–Crippen LogP) is 4.44. The lowest BCUT2D eigenvalue weighted by molar-refractivity contribution is -0.137. The van der Waals surface area contributed by atoms with E-state index in [1.54, 1.807) is 19.3 Å². The Morgan fingerprint density at radius 3 is 2.83 bits per heavy atom. The summed E-state index contributed by atoms with van der Waals surface area (Å²) in [6, 6.07) is 9.29. The third-order valence-corrected chi connectivity index (χ3v) is 6.49. The van der Waals surface area contributed by atoms with Gasteiger partial charge in [0.15, 0.2) is 11.5 Å². The summed E-state index contributed by atoms with van der Waals surface area (Å²) in [6.07, 6.45) is -0.222. The summed E-state index contributed by atoms with van der Waals surface area (Å²) in [5.41, 5.74) is 1.51. The van der Waals surface area contributed by atoms with Crippen LogP contribution in [0.2, 0.25) is 0 Å². The van der Waals surface area contributed by atoms with Crippen LogP contribution in [0.1, 0.15) is 29.5 Å². The fraction of sp³-hybridized carbons (Fsp3) is 0.391. The molecule has 1 N–H and O–H groups in total. The van der Waals surface area contributed by atoms with Crippen LogP contribution < -0.4 is 14.4 Å². The molecule has 3 aliphatic rings. The molecule has 0 saturated carbocycles. The smallest absolute Gasteiger partial charge is 0.416 e. The van der Waals surface area contributed by atoms with Crippen LogP contribution in [0.15, 0.2) is 48.6 Å². The summed E-state index contributed by atoms with van der Waals surface area (Å²) in [4.78, 5) is 1.99. The maximum atomic E-state index is 13.2. The topological polar surface area (TPSA) is 41.9 Å². The highest BCUT2D eigenvalue weighted by atomic mass is 19.4. The van der Waals surface area contributed by atoms with Crippen molar-refractivity contribution in [2.45, 2.75) is 43.2 Å². The maximum absolute atomic E-state index is 13.2. The number of hydrogen-bond acceptors (Lipinski definition) is 4. The number of ether oxygens (including phenoxy) is 2. The number of hydrogen-bond donors (Lipinski definition) is 1. The molecule has 0 bridgehead atoms. The molecule has 0 fully saturated rings. The molecule has 0 radical (unpaired) electrons. The molecule has 2 aromatic rings. The SMILES string of the molecule is COc1ccc2c3c1O[C@H]1C[C@@H](O)C=C[C@@]31CCN(c1cccc(C(F)(F)F)c1)C2. The van der Waals surface area contributed by atoms with E-state index in [1.165, 1.54) is 12.1 Å². The predicted molar refractivity (Wildman–Crippen MR) is 106 cm³/mol. The van der Waals surface area contributed by atoms with Crippen molar-refractivity contribution in [1.82, 2.24) is 0 Å². The highest BCUT2D eigenvalue weighted by Crippen LogP contribution is 2.56. The molecule has 1 spiro atoms. The van der Waals surface area contributed by atoms with Gasteiger partial charge in [-0.05, 0) is 36.2 Å². The van der Waals surface area contributed by atoms with Crippen LogP contribution in [-0.4, -0.2) is 31.0 Å². The molecule has 1 aliphatic carbocycles. The monoisotopic (exact) mass is 417 g/mol. The molecule has 0 saturated heterocycles. The first-order valence-corrected chi connectivity index (χ1v) is 9.98. The lowest BCUT2D eigenvalue weighted by atomic mass is 9.69. The lowest BCUT2D eigenvalue weighted by Crippen LogP contribution is -2.43. The normalized spacial score (nSPS) is 27.2. The van der Waals surface area contributed by atoms with Gasteiger partial charge in [0, 0.05) is 30.8 Å². The lowest BCUT2D eigenvalue weighted by Gasteiger charge is -2.36. The zero-order valence-electron chi connectivity index (χ0n) is 16.4. The molecular formula is C23H22F3NO3. The Kier molecular flexibility index (Phi) is 4.29. The largest absolute Gasteiger partial charge is 0.493 e. The Bertz CT molecular complexity index is 1020. The summed E-state index contributed by atoms with van der Waals surface area (Å²) in [7, 11) is 1.59. The average Bonchev–Trinajstić information content (AvgIpc) is 2.95. The first-order chi connectivity index (χ1) is 14.3. The summed E-state index contributed by atoms with van der Waals surface area (Å²) in [6.45, 7) is 1.04. The standard InChI is InChI=1S/C23H22F3NO3/c1-29-18-6-5-14-13-27(16-4-2-3-15(11-16)23(24,25)26)10-9-22-8-7-17(28)12-19(22)30-21(18)20(14)22/h2-8,11,17,19,28H,9-10,12-13H2,1H3/t17-,19-,22-/m0/s1. The summed E-state index contributed by atoms with van der Waals surface area (Å²) in [5.74, 6) is 1.32. The number of methoxy groups -OCH3 is 1.